The molecule has 0 spiro atoms. The van der Waals surface area contributed by atoms with Gasteiger partial charge in [-0.1, -0.05) is 0 Å². The average Bonchev–Trinajstić information content (AvgIpc) is 3.04. The SMILES string of the molecule is O=C(OCCCn1cnnn1)c1cnc2c(c1)COCC2. The molecule has 0 saturated carbocycles. The van der Waals surface area contributed by atoms with Gasteiger partial charge in [0.25, 0.3) is 0 Å². The van der Waals surface area contributed by atoms with Gasteiger partial charge >= 0.3 is 5.97 Å². The first-order valence-corrected chi connectivity index (χ1v) is 6.76. The summed E-state index contributed by atoms with van der Waals surface area (Å²) < 4.78 is 12.2. The third-order valence-corrected chi connectivity index (χ3v) is 3.19. The Labute approximate surface area is 121 Å². The summed E-state index contributed by atoms with van der Waals surface area (Å²) in [5, 5.41) is 10.8. The molecule has 1 aliphatic rings. The molecule has 2 aromatic heterocycles. The summed E-state index contributed by atoms with van der Waals surface area (Å²) >= 11 is 0. The third-order valence-electron chi connectivity index (χ3n) is 3.19. The van der Waals surface area contributed by atoms with Crippen molar-refractivity contribution >= 4 is 5.97 Å². The van der Waals surface area contributed by atoms with Crippen molar-refractivity contribution in [2.45, 2.75) is 26.0 Å². The molecule has 0 N–H and O–H groups in total. The first-order chi connectivity index (χ1) is 10.3. The van der Waals surface area contributed by atoms with Gasteiger partial charge in [-0.25, -0.2) is 9.48 Å². The van der Waals surface area contributed by atoms with Crippen LogP contribution in [0.15, 0.2) is 18.6 Å². The van der Waals surface area contributed by atoms with Gasteiger partial charge in [-0.05, 0) is 16.5 Å². The van der Waals surface area contributed by atoms with Crippen molar-refractivity contribution in [1.29, 1.82) is 0 Å². The van der Waals surface area contributed by atoms with Crippen molar-refractivity contribution in [3.63, 3.8) is 0 Å². The summed E-state index contributed by atoms with van der Waals surface area (Å²) in [5.41, 5.74) is 2.42. The number of ether oxygens (including phenoxy) is 2. The average molecular weight is 289 g/mol. The van der Waals surface area contributed by atoms with Gasteiger partial charge in [-0.2, -0.15) is 0 Å². The van der Waals surface area contributed by atoms with Crippen LogP contribution >= 0.6 is 0 Å². The Balaban J connectivity index is 1.51. The quantitative estimate of drug-likeness (QED) is 0.580. The van der Waals surface area contributed by atoms with Crippen molar-refractivity contribution in [3.05, 3.63) is 35.4 Å². The smallest absolute Gasteiger partial charge is 0.339 e. The first-order valence-electron chi connectivity index (χ1n) is 6.76. The summed E-state index contributed by atoms with van der Waals surface area (Å²) in [5.74, 6) is -0.368. The summed E-state index contributed by atoms with van der Waals surface area (Å²) in [4.78, 5) is 16.2. The highest BCUT2D eigenvalue weighted by molar-refractivity contribution is 5.89. The van der Waals surface area contributed by atoms with Crippen molar-refractivity contribution < 1.29 is 14.3 Å². The number of aromatic nitrogens is 5. The monoisotopic (exact) mass is 289 g/mol. The lowest BCUT2D eigenvalue weighted by atomic mass is 10.1. The van der Waals surface area contributed by atoms with Crippen LogP contribution in [0.1, 0.15) is 28.0 Å². The molecular formula is C13H15N5O3. The highest BCUT2D eigenvalue weighted by Crippen LogP contribution is 2.16. The Morgan fingerprint density at radius 1 is 1.48 bits per heavy atom. The van der Waals surface area contributed by atoms with Gasteiger partial charge in [0.15, 0.2) is 0 Å². The Kier molecular flexibility index (Phi) is 4.15. The van der Waals surface area contributed by atoms with Crippen LogP contribution in [0.2, 0.25) is 0 Å². The molecule has 8 heteroatoms. The Morgan fingerprint density at radius 2 is 2.43 bits per heavy atom. The lowest BCUT2D eigenvalue weighted by molar-refractivity contribution is 0.0493. The summed E-state index contributed by atoms with van der Waals surface area (Å²) in [6.07, 6.45) is 4.53. The van der Waals surface area contributed by atoms with E-state index in [2.05, 4.69) is 20.5 Å². The second-order valence-corrected chi connectivity index (χ2v) is 4.69. The molecule has 0 aliphatic carbocycles. The van der Waals surface area contributed by atoms with E-state index in [1.807, 2.05) is 0 Å². The summed E-state index contributed by atoms with van der Waals surface area (Å²) in [6.45, 7) is 2.10. The molecule has 0 fully saturated rings. The molecule has 0 radical (unpaired) electrons. The van der Waals surface area contributed by atoms with E-state index in [1.165, 1.54) is 6.33 Å². The minimum Gasteiger partial charge on any atom is -0.462 e. The van der Waals surface area contributed by atoms with Crippen LogP contribution in [0.4, 0.5) is 0 Å². The molecule has 1 aliphatic heterocycles. The number of fused-ring (bicyclic) bond motifs is 1. The van der Waals surface area contributed by atoms with Crippen LogP contribution < -0.4 is 0 Å². The van der Waals surface area contributed by atoms with Crippen LogP contribution in [0.25, 0.3) is 0 Å². The number of tetrazole rings is 1. The standard InChI is InChI=1S/C13H15N5O3/c19-13(21-4-1-3-18-9-15-16-17-18)10-6-11-8-20-5-2-12(11)14-7-10/h6-7,9H,1-5,8H2. The molecule has 110 valence electrons. The van der Waals surface area contributed by atoms with E-state index in [0.717, 1.165) is 17.7 Å². The molecule has 0 amide bonds. The third kappa shape index (κ3) is 3.40. The molecule has 0 aromatic carbocycles. The van der Waals surface area contributed by atoms with Crippen LogP contribution in [0.3, 0.4) is 0 Å². The van der Waals surface area contributed by atoms with Crippen molar-refractivity contribution in [2.24, 2.45) is 0 Å². The van der Waals surface area contributed by atoms with E-state index in [1.54, 1.807) is 16.9 Å². The van der Waals surface area contributed by atoms with Gasteiger partial charge in [0.05, 0.1) is 25.4 Å². The topological polar surface area (TPSA) is 92.0 Å². The number of aryl methyl sites for hydroxylation is 1. The minimum absolute atomic E-state index is 0.312. The van der Waals surface area contributed by atoms with E-state index in [-0.39, 0.29) is 5.97 Å². The van der Waals surface area contributed by atoms with Crippen molar-refractivity contribution in [3.8, 4) is 0 Å². The number of esters is 1. The normalized spacial score (nSPS) is 13.7. The number of carbonyl (C=O) groups is 1. The molecule has 2 aromatic rings. The molecule has 8 nitrogen and oxygen atoms in total. The minimum atomic E-state index is -0.368. The Hall–Kier alpha value is -2.35. The number of carbonyl (C=O) groups excluding carboxylic acids is 1. The van der Waals surface area contributed by atoms with Gasteiger partial charge in [-0.3, -0.25) is 4.98 Å². The van der Waals surface area contributed by atoms with E-state index < -0.39 is 0 Å². The van der Waals surface area contributed by atoms with Crippen LogP contribution in [-0.2, 0) is 29.0 Å². The maximum atomic E-state index is 11.9. The zero-order valence-electron chi connectivity index (χ0n) is 11.4. The maximum absolute atomic E-state index is 11.9. The van der Waals surface area contributed by atoms with Crippen molar-refractivity contribution in [1.82, 2.24) is 25.2 Å². The van der Waals surface area contributed by atoms with Gasteiger partial charge in [0.1, 0.15) is 6.33 Å². The molecule has 0 bridgehead atoms. The number of rotatable bonds is 5. The zero-order valence-corrected chi connectivity index (χ0v) is 11.4. The van der Waals surface area contributed by atoms with E-state index in [0.29, 0.717) is 38.3 Å². The van der Waals surface area contributed by atoms with Gasteiger partial charge in [-0.15, -0.1) is 5.10 Å². The highest BCUT2D eigenvalue weighted by atomic mass is 16.5. The Bertz CT molecular complexity index is 614. The molecule has 3 heterocycles. The summed E-state index contributed by atoms with van der Waals surface area (Å²) in [7, 11) is 0. The maximum Gasteiger partial charge on any atom is 0.339 e. The predicted octanol–water partition coefficient (Wildman–Crippen LogP) is 0.388. The lowest BCUT2D eigenvalue weighted by Crippen LogP contribution is -2.15. The van der Waals surface area contributed by atoms with Gasteiger partial charge in [0, 0.05) is 36.8 Å². The summed E-state index contributed by atoms with van der Waals surface area (Å²) in [6, 6.07) is 1.80. The molecule has 21 heavy (non-hydrogen) atoms. The fourth-order valence-corrected chi connectivity index (χ4v) is 2.11. The Morgan fingerprint density at radius 3 is 3.29 bits per heavy atom. The highest BCUT2D eigenvalue weighted by Gasteiger charge is 2.15. The largest absolute Gasteiger partial charge is 0.462 e. The number of nitrogens with zero attached hydrogens (tertiary/aromatic N) is 5. The number of hydrogen-bond acceptors (Lipinski definition) is 7. The van der Waals surface area contributed by atoms with Gasteiger partial charge in [0.2, 0.25) is 0 Å². The second-order valence-electron chi connectivity index (χ2n) is 4.69. The van der Waals surface area contributed by atoms with E-state index >= 15 is 0 Å². The van der Waals surface area contributed by atoms with E-state index in [9.17, 15) is 4.79 Å². The fourth-order valence-electron chi connectivity index (χ4n) is 2.11. The first kappa shape index (κ1) is 13.6. The van der Waals surface area contributed by atoms with E-state index in [4.69, 9.17) is 9.47 Å². The van der Waals surface area contributed by atoms with Crippen LogP contribution in [0.5, 0.6) is 0 Å². The molecule has 3 rings (SSSR count). The molecule has 0 saturated heterocycles. The molecule has 0 atom stereocenters. The predicted molar refractivity (Wildman–Crippen MR) is 70.3 cm³/mol. The van der Waals surface area contributed by atoms with Crippen molar-refractivity contribution in [2.75, 3.05) is 13.2 Å². The molecular weight excluding hydrogens is 274 g/mol. The molecule has 0 unspecified atom stereocenters. The zero-order chi connectivity index (χ0) is 14.5. The fraction of sp³-hybridized carbons (Fsp3) is 0.462. The second kappa shape index (κ2) is 6.40. The van der Waals surface area contributed by atoms with Crippen LogP contribution in [-0.4, -0.2) is 44.4 Å². The van der Waals surface area contributed by atoms with Crippen LogP contribution in [0, 0.1) is 0 Å². The number of pyridine rings is 1. The van der Waals surface area contributed by atoms with Gasteiger partial charge < -0.3 is 9.47 Å². The number of hydrogen-bond donors (Lipinski definition) is 0. The lowest BCUT2D eigenvalue weighted by Gasteiger charge is -2.15.